The number of carbonyl (C=O) groups is 1. The smallest absolute Gasteiger partial charge is 0.303 e. The molecule has 0 atom stereocenters. The lowest BCUT2D eigenvalue weighted by Gasteiger charge is -2.13. The van der Waals surface area contributed by atoms with Crippen molar-refractivity contribution < 1.29 is 14.6 Å². The highest BCUT2D eigenvalue weighted by atomic mass is 32.1. The van der Waals surface area contributed by atoms with Gasteiger partial charge in [0.05, 0.1) is 17.3 Å². The fraction of sp³-hybridized carbons (Fsp3) is 0.462. The quantitative estimate of drug-likeness (QED) is 0.216. The molecule has 0 amide bonds. The van der Waals surface area contributed by atoms with E-state index in [9.17, 15) is 4.79 Å². The van der Waals surface area contributed by atoms with Gasteiger partial charge in [-0.05, 0) is 49.8 Å². The first-order valence-electron chi connectivity index (χ1n) is 11.4. The van der Waals surface area contributed by atoms with Crippen molar-refractivity contribution in [1.29, 1.82) is 0 Å². The average molecular weight is 442 g/mol. The molecule has 5 heteroatoms. The van der Waals surface area contributed by atoms with Crippen molar-refractivity contribution in [2.24, 2.45) is 0 Å². The molecule has 2 aromatic rings. The van der Waals surface area contributed by atoms with Crippen molar-refractivity contribution in [2.45, 2.75) is 70.6 Å². The second kappa shape index (κ2) is 15.4. The van der Waals surface area contributed by atoms with Crippen LogP contribution in [0, 0.1) is 0 Å². The molecule has 0 unspecified atom stereocenters. The molecule has 31 heavy (non-hydrogen) atoms. The number of anilines is 1. The highest BCUT2D eigenvalue weighted by Gasteiger charge is 2.06. The van der Waals surface area contributed by atoms with E-state index in [-0.39, 0.29) is 6.42 Å². The van der Waals surface area contributed by atoms with Gasteiger partial charge < -0.3 is 15.2 Å². The number of para-hydroxylation sites is 2. The van der Waals surface area contributed by atoms with Gasteiger partial charge in [0.25, 0.3) is 0 Å². The Bertz CT molecular complexity index is 779. The normalized spacial score (nSPS) is 10.6. The Morgan fingerprint density at radius 1 is 0.806 bits per heavy atom. The molecule has 0 aliphatic rings. The first-order chi connectivity index (χ1) is 15.1. The maximum atomic E-state index is 10.6. The molecular formula is C26H35NO3S. The summed E-state index contributed by atoms with van der Waals surface area (Å²) in [6.45, 7) is 0.378. The third-order valence-electron chi connectivity index (χ3n) is 5.17. The van der Waals surface area contributed by atoms with Gasteiger partial charge in [-0.15, -0.1) is 0 Å². The van der Waals surface area contributed by atoms with Gasteiger partial charge in [-0.2, -0.15) is 0 Å². The Morgan fingerprint density at radius 3 is 2.19 bits per heavy atom. The van der Waals surface area contributed by atoms with E-state index in [1.165, 1.54) is 50.5 Å². The van der Waals surface area contributed by atoms with E-state index in [0.29, 0.717) is 18.8 Å². The van der Waals surface area contributed by atoms with Gasteiger partial charge >= 0.3 is 5.97 Å². The number of hydrogen-bond donors (Lipinski definition) is 2. The minimum atomic E-state index is -0.802. The van der Waals surface area contributed by atoms with Gasteiger partial charge in [-0.1, -0.05) is 86.8 Å². The summed E-state index contributed by atoms with van der Waals surface area (Å²) in [5.74, 6) is -0.0888. The van der Waals surface area contributed by atoms with Crippen LogP contribution in [-0.2, 0) is 11.2 Å². The highest BCUT2D eigenvalue weighted by molar-refractivity contribution is 7.80. The standard InChI is InChI=1S/C26H35NO3S/c28-26(29)20-13-21-30-24-18-12-11-17-23(24)27-25(31)19-10-5-3-1-2-4-7-14-22-15-8-6-9-16-22/h6,8-9,11-12,15-18H,1-5,7,10,13-14,19-21H2,(H,27,31)(H,28,29). The lowest BCUT2D eigenvalue weighted by atomic mass is 10.0. The summed E-state index contributed by atoms with van der Waals surface area (Å²) in [6, 6.07) is 18.4. The van der Waals surface area contributed by atoms with Crippen LogP contribution in [0.2, 0.25) is 0 Å². The summed E-state index contributed by atoms with van der Waals surface area (Å²) in [6.07, 6.45) is 11.4. The number of hydrogen-bond acceptors (Lipinski definition) is 3. The molecule has 2 rings (SSSR count). The lowest BCUT2D eigenvalue weighted by molar-refractivity contribution is -0.137. The average Bonchev–Trinajstić information content (AvgIpc) is 2.77. The number of aliphatic carboxylic acids is 1. The predicted molar refractivity (Wildman–Crippen MR) is 132 cm³/mol. The molecule has 2 N–H and O–H groups in total. The number of nitrogens with one attached hydrogen (secondary N) is 1. The molecule has 0 bridgehead atoms. The Morgan fingerprint density at radius 2 is 1.45 bits per heavy atom. The molecule has 0 aliphatic heterocycles. The zero-order valence-corrected chi connectivity index (χ0v) is 19.2. The largest absolute Gasteiger partial charge is 0.491 e. The molecule has 2 aromatic carbocycles. The van der Waals surface area contributed by atoms with Crippen LogP contribution in [0.15, 0.2) is 54.6 Å². The minimum absolute atomic E-state index is 0.112. The van der Waals surface area contributed by atoms with E-state index in [1.807, 2.05) is 24.3 Å². The van der Waals surface area contributed by atoms with Gasteiger partial charge in [-0.25, -0.2) is 0 Å². The number of aryl methyl sites for hydroxylation is 1. The highest BCUT2D eigenvalue weighted by Crippen LogP contribution is 2.24. The van der Waals surface area contributed by atoms with Crippen molar-refractivity contribution in [3.63, 3.8) is 0 Å². The summed E-state index contributed by atoms with van der Waals surface area (Å²) in [7, 11) is 0. The van der Waals surface area contributed by atoms with Crippen LogP contribution in [0.5, 0.6) is 5.75 Å². The third-order valence-corrected chi connectivity index (χ3v) is 5.47. The SMILES string of the molecule is O=C(O)CCCOc1ccccc1NC(=S)CCCCCCCCCc1ccccc1. The van der Waals surface area contributed by atoms with Crippen molar-refractivity contribution in [3.8, 4) is 5.75 Å². The Hall–Kier alpha value is -2.40. The summed E-state index contributed by atoms with van der Waals surface area (Å²) in [5, 5.41) is 12.0. The molecule has 0 fully saturated rings. The van der Waals surface area contributed by atoms with Gasteiger partial charge in [0.15, 0.2) is 0 Å². The van der Waals surface area contributed by atoms with E-state index >= 15 is 0 Å². The van der Waals surface area contributed by atoms with E-state index in [4.69, 9.17) is 22.1 Å². The minimum Gasteiger partial charge on any atom is -0.491 e. The van der Waals surface area contributed by atoms with Gasteiger partial charge in [0.1, 0.15) is 5.75 Å². The molecule has 0 spiro atoms. The van der Waals surface area contributed by atoms with Crippen molar-refractivity contribution in [3.05, 3.63) is 60.2 Å². The fourth-order valence-electron chi connectivity index (χ4n) is 3.46. The second-order valence-corrected chi connectivity index (χ2v) is 8.34. The summed E-state index contributed by atoms with van der Waals surface area (Å²) in [4.78, 5) is 11.4. The first-order valence-corrected chi connectivity index (χ1v) is 11.8. The molecule has 168 valence electrons. The van der Waals surface area contributed by atoms with E-state index in [2.05, 4.69) is 35.6 Å². The molecule has 4 nitrogen and oxygen atoms in total. The molecular weight excluding hydrogens is 406 g/mol. The van der Waals surface area contributed by atoms with Crippen LogP contribution in [0.3, 0.4) is 0 Å². The maximum absolute atomic E-state index is 10.6. The molecule has 0 saturated carbocycles. The molecule has 0 heterocycles. The zero-order chi connectivity index (χ0) is 22.2. The monoisotopic (exact) mass is 441 g/mol. The Kier molecular flexibility index (Phi) is 12.4. The number of carboxylic acids is 1. The lowest BCUT2D eigenvalue weighted by Crippen LogP contribution is -2.10. The van der Waals surface area contributed by atoms with E-state index < -0.39 is 5.97 Å². The van der Waals surface area contributed by atoms with E-state index in [1.54, 1.807) is 0 Å². The maximum Gasteiger partial charge on any atom is 0.303 e. The zero-order valence-electron chi connectivity index (χ0n) is 18.4. The molecule has 0 radical (unpaired) electrons. The van der Waals surface area contributed by atoms with Crippen LogP contribution >= 0.6 is 12.2 Å². The van der Waals surface area contributed by atoms with Gasteiger partial charge in [0, 0.05) is 6.42 Å². The number of thiocarbonyl (C=S) groups is 1. The van der Waals surface area contributed by atoms with E-state index in [0.717, 1.165) is 23.5 Å². The molecule has 0 aliphatic carbocycles. The van der Waals surface area contributed by atoms with Crippen LogP contribution in [-0.4, -0.2) is 22.7 Å². The number of benzene rings is 2. The number of unbranched alkanes of at least 4 members (excludes halogenated alkanes) is 6. The topological polar surface area (TPSA) is 58.6 Å². The van der Waals surface area contributed by atoms with Crippen molar-refractivity contribution in [2.75, 3.05) is 11.9 Å². The Balaban J connectivity index is 1.52. The van der Waals surface area contributed by atoms with Crippen LogP contribution in [0.4, 0.5) is 5.69 Å². The van der Waals surface area contributed by atoms with Gasteiger partial charge in [0.2, 0.25) is 0 Å². The van der Waals surface area contributed by atoms with Gasteiger partial charge in [-0.3, -0.25) is 4.79 Å². The van der Waals surface area contributed by atoms with Crippen molar-refractivity contribution >= 4 is 28.9 Å². The van der Waals surface area contributed by atoms with Crippen LogP contribution < -0.4 is 10.1 Å². The molecule has 0 saturated heterocycles. The number of carboxylic acid groups (broad SMARTS) is 1. The number of ether oxygens (including phenoxy) is 1. The Labute approximate surface area is 192 Å². The first kappa shape index (κ1) is 24.9. The third kappa shape index (κ3) is 11.5. The summed E-state index contributed by atoms with van der Waals surface area (Å²) >= 11 is 5.50. The molecule has 0 aromatic heterocycles. The summed E-state index contributed by atoms with van der Waals surface area (Å²) < 4.78 is 5.72. The van der Waals surface area contributed by atoms with Crippen LogP contribution in [0.25, 0.3) is 0 Å². The second-order valence-electron chi connectivity index (χ2n) is 7.85. The predicted octanol–water partition coefficient (Wildman–Crippen LogP) is 7.03. The fourth-order valence-corrected chi connectivity index (χ4v) is 3.71. The van der Waals surface area contributed by atoms with Crippen LogP contribution in [0.1, 0.15) is 69.8 Å². The number of rotatable bonds is 16. The van der Waals surface area contributed by atoms with Crippen molar-refractivity contribution in [1.82, 2.24) is 0 Å². The summed E-state index contributed by atoms with van der Waals surface area (Å²) in [5.41, 5.74) is 2.29.